The Hall–Kier alpha value is -4.60. The average Bonchev–Trinajstić information content (AvgIpc) is 3.42. The third kappa shape index (κ3) is 5.70. The molecule has 1 saturated heterocycles. The molecule has 9 heteroatoms. The summed E-state index contributed by atoms with van der Waals surface area (Å²) in [6.45, 7) is 5.52. The number of H-pyrrole nitrogens is 1. The van der Waals surface area contributed by atoms with E-state index in [1.165, 1.54) is 5.56 Å². The minimum Gasteiger partial charge on any atom is -0.507 e. The lowest BCUT2D eigenvalue weighted by Crippen LogP contribution is -2.45. The van der Waals surface area contributed by atoms with Gasteiger partial charge in [0.25, 0.3) is 5.91 Å². The van der Waals surface area contributed by atoms with Crippen molar-refractivity contribution in [2.75, 3.05) is 45.1 Å². The van der Waals surface area contributed by atoms with Crippen LogP contribution in [0.3, 0.4) is 0 Å². The number of imidazole rings is 1. The zero-order valence-corrected chi connectivity index (χ0v) is 22.3. The molecule has 202 valence electrons. The fraction of sp³-hybridized carbons (Fsp3) is 0.226. The van der Waals surface area contributed by atoms with E-state index in [1.54, 1.807) is 48.9 Å². The third-order valence-electron chi connectivity index (χ3n) is 7.38. The van der Waals surface area contributed by atoms with Gasteiger partial charge in [-0.15, -0.1) is 0 Å². The zero-order chi connectivity index (χ0) is 27.5. The first-order valence-corrected chi connectivity index (χ1v) is 13.4. The highest BCUT2D eigenvalue weighted by molar-refractivity contribution is 6.06. The van der Waals surface area contributed by atoms with E-state index in [-0.39, 0.29) is 11.7 Å². The molecular weight excluding hydrogens is 502 g/mol. The number of rotatable bonds is 7. The second-order valence-corrected chi connectivity index (χ2v) is 10.2. The summed E-state index contributed by atoms with van der Waals surface area (Å²) in [4.78, 5) is 34.2. The van der Waals surface area contributed by atoms with Crippen molar-refractivity contribution in [3.8, 4) is 28.4 Å². The van der Waals surface area contributed by atoms with E-state index in [0.717, 1.165) is 50.4 Å². The summed E-state index contributed by atoms with van der Waals surface area (Å²) in [6, 6.07) is 18.6. The Morgan fingerprint density at radius 3 is 2.60 bits per heavy atom. The molecule has 0 unspecified atom stereocenters. The number of benzene rings is 3. The van der Waals surface area contributed by atoms with Crippen LogP contribution >= 0.6 is 0 Å². The summed E-state index contributed by atoms with van der Waals surface area (Å²) in [5.41, 5.74) is 5.97. The van der Waals surface area contributed by atoms with Crippen LogP contribution in [0.4, 0.5) is 5.69 Å². The number of anilines is 1. The largest absolute Gasteiger partial charge is 0.507 e. The number of carbonyl (C=O) groups is 1. The second-order valence-electron chi connectivity index (χ2n) is 10.2. The van der Waals surface area contributed by atoms with E-state index >= 15 is 0 Å². The number of amides is 1. The summed E-state index contributed by atoms with van der Waals surface area (Å²) in [7, 11) is 2.17. The van der Waals surface area contributed by atoms with Crippen molar-refractivity contribution >= 4 is 22.6 Å². The Labute approximate surface area is 232 Å². The standard InChI is InChI=1S/C31H31N7O2/c1-37-14-16-38(17-15-37)13-10-21-2-6-24(7-3-21)34-31(40)23-4-8-26-27(19-23)36-30(35-26)25-18-22(5-9-29(25)39)28-20-32-11-12-33-28/h2-9,11-12,18-20,39H,10,13-17H2,1H3,(H,34,40)(H,35,36). The molecule has 0 spiro atoms. The average molecular weight is 534 g/mol. The Kier molecular flexibility index (Phi) is 7.22. The third-order valence-corrected chi connectivity index (χ3v) is 7.38. The van der Waals surface area contributed by atoms with Crippen LogP contribution in [0.25, 0.3) is 33.7 Å². The molecular formula is C31H31N7O2. The maximum Gasteiger partial charge on any atom is 0.255 e. The minimum atomic E-state index is -0.198. The molecule has 5 aromatic rings. The summed E-state index contributed by atoms with van der Waals surface area (Å²) >= 11 is 0. The highest BCUT2D eigenvalue weighted by Crippen LogP contribution is 2.32. The van der Waals surface area contributed by atoms with Gasteiger partial charge in [-0.3, -0.25) is 14.8 Å². The van der Waals surface area contributed by atoms with Crippen molar-refractivity contribution in [3.63, 3.8) is 0 Å². The smallest absolute Gasteiger partial charge is 0.255 e. The molecule has 6 rings (SSSR count). The van der Waals surface area contributed by atoms with E-state index in [2.05, 4.69) is 54.2 Å². The number of hydrogen-bond donors (Lipinski definition) is 3. The van der Waals surface area contributed by atoms with Crippen molar-refractivity contribution in [1.82, 2.24) is 29.7 Å². The Morgan fingerprint density at radius 2 is 1.82 bits per heavy atom. The number of aromatic nitrogens is 4. The van der Waals surface area contributed by atoms with Crippen LogP contribution in [0.1, 0.15) is 15.9 Å². The Morgan fingerprint density at radius 1 is 1.00 bits per heavy atom. The lowest BCUT2D eigenvalue weighted by atomic mass is 10.1. The summed E-state index contributed by atoms with van der Waals surface area (Å²) in [5, 5.41) is 13.5. The molecule has 1 aliphatic rings. The Bertz CT molecular complexity index is 1630. The predicted molar refractivity (Wildman–Crippen MR) is 156 cm³/mol. The summed E-state index contributed by atoms with van der Waals surface area (Å²) < 4.78 is 0. The highest BCUT2D eigenvalue weighted by Gasteiger charge is 2.15. The van der Waals surface area contributed by atoms with Gasteiger partial charge in [0.2, 0.25) is 0 Å². The molecule has 1 aliphatic heterocycles. The first-order chi connectivity index (χ1) is 19.5. The number of carbonyl (C=O) groups excluding carboxylic acids is 1. The van der Waals surface area contributed by atoms with Gasteiger partial charge in [0.1, 0.15) is 11.6 Å². The van der Waals surface area contributed by atoms with Crippen LogP contribution in [-0.2, 0) is 6.42 Å². The van der Waals surface area contributed by atoms with Crippen molar-refractivity contribution < 1.29 is 9.90 Å². The van der Waals surface area contributed by atoms with Crippen LogP contribution in [0.5, 0.6) is 5.75 Å². The molecule has 0 saturated carbocycles. The molecule has 9 nitrogen and oxygen atoms in total. The van der Waals surface area contributed by atoms with Crippen molar-refractivity contribution in [1.29, 1.82) is 0 Å². The van der Waals surface area contributed by atoms with Crippen LogP contribution in [0, 0.1) is 0 Å². The molecule has 0 atom stereocenters. The fourth-order valence-electron chi connectivity index (χ4n) is 4.93. The number of piperazine rings is 1. The van der Waals surface area contributed by atoms with E-state index in [9.17, 15) is 9.90 Å². The number of aromatic amines is 1. The van der Waals surface area contributed by atoms with Gasteiger partial charge in [0, 0.05) is 61.9 Å². The molecule has 40 heavy (non-hydrogen) atoms. The van der Waals surface area contributed by atoms with Gasteiger partial charge in [-0.2, -0.15) is 0 Å². The SMILES string of the molecule is CN1CCN(CCc2ccc(NC(=O)c3ccc4nc(-c5cc(-c6cnccn6)ccc5O)[nH]c4c3)cc2)CC1. The zero-order valence-electron chi connectivity index (χ0n) is 22.3. The number of phenols is 1. The van der Waals surface area contributed by atoms with Gasteiger partial charge in [0.15, 0.2) is 0 Å². The second kappa shape index (κ2) is 11.3. The number of hydrogen-bond acceptors (Lipinski definition) is 7. The van der Waals surface area contributed by atoms with Crippen LogP contribution in [0.15, 0.2) is 79.3 Å². The maximum absolute atomic E-state index is 13.0. The molecule has 0 radical (unpaired) electrons. The van der Waals surface area contributed by atoms with E-state index in [4.69, 9.17) is 0 Å². The fourth-order valence-corrected chi connectivity index (χ4v) is 4.93. The lowest BCUT2D eigenvalue weighted by molar-refractivity contribution is 0.102. The maximum atomic E-state index is 13.0. The molecule has 3 N–H and O–H groups in total. The number of nitrogens with zero attached hydrogens (tertiary/aromatic N) is 5. The summed E-state index contributed by atoms with van der Waals surface area (Å²) in [6.07, 6.45) is 5.90. The van der Waals surface area contributed by atoms with Crippen molar-refractivity contribution in [3.05, 3.63) is 90.4 Å². The number of aromatic hydroxyl groups is 1. The van der Waals surface area contributed by atoms with Crippen LogP contribution < -0.4 is 5.32 Å². The first-order valence-electron chi connectivity index (χ1n) is 13.4. The molecule has 3 heterocycles. The van der Waals surface area contributed by atoms with E-state index in [0.29, 0.717) is 33.7 Å². The topological polar surface area (TPSA) is 110 Å². The number of likely N-dealkylation sites (N-methyl/N-ethyl adjacent to an activating group) is 1. The van der Waals surface area contributed by atoms with Gasteiger partial charge < -0.3 is 25.2 Å². The lowest BCUT2D eigenvalue weighted by Gasteiger charge is -2.32. The molecule has 0 aliphatic carbocycles. The summed E-state index contributed by atoms with van der Waals surface area (Å²) in [5.74, 6) is 0.398. The van der Waals surface area contributed by atoms with Crippen molar-refractivity contribution in [2.45, 2.75) is 6.42 Å². The van der Waals surface area contributed by atoms with Crippen molar-refractivity contribution in [2.24, 2.45) is 0 Å². The minimum absolute atomic E-state index is 0.0941. The predicted octanol–water partition coefficient (Wildman–Crippen LogP) is 4.43. The Balaban J connectivity index is 1.13. The van der Waals surface area contributed by atoms with Gasteiger partial charge in [0.05, 0.1) is 28.5 Å². The van der Waals surface area contributed by atoms with E-state index < -0.39 is 0 Å². The highest BCUT2D eigenvalue weighted by atomic mass is 16.3. The van der Waals surface area contributed by atoms with Gasteiger partial charge in [-0.05, 0) is 67.6 Å². The molecule has 3 aromatic carbocycles. The number of phenolic OH excluding ortho intramolecular Hbond substituents is 1. The van der Waals surface area contributed by atoms with Gasteiger partial charge in [-0.1, -0.05) is 12.1 Å². The molecule has 2 aromatic heterocycles. The first kappa shape index (κ1) is 25.7. The van der Waals surface area contributed by atoms with E-state index in [1.807, 2.05) is 18.2 Å². The quantitative estimate of drug-likeness (QED) is 0.284. The van der Waals surface area contributed by atoms with Crippen LogP contribution in [-0.4, -0.2) is 80.5 Å². The molecule has 1 amide bonds. The monoisotopic (exact) mass is 533 g/mol. The normalized spacial score (nSPS) is 14.4. The number of fused-ring (bicyclic) bond motifs is 1. The number of nitrogens with one attached hydrogen (secondary N) is 2. The molecule has 0 bridgehead atoms. The molecule has 1 fully saturated rings. The van der Waals surface area contributed by atoms with Crippen LogP contribution in [0.2, 0.25) is 0 Å². The van der Waals surface area contributed by atoms with Gasteiger partial charge in [-0.25, -0.2) is 4.98 Å². The van der Waals surface area contributed by atoms with Gasteiger partial charge >= 0.3 is 0 Å².